The minimum absolute atomic E-state index is 0.222. The number of carbonyl (C=O) groups excluding carboxylic acids is 2. The topological polar surface area (TPSA) is 70.0 Å². The molecule has 4 aliphatic carbocycles. The summed E-state index contributed by atoms with van der Waals surface area (Å²) in [5.74, 6) is -0.222. The fourth-order valence-electron chi connectivity index (χ4n) is 6.47. The molecule has 6 rings (SSSR count). The van der Waals surface area contributed by atoms with Crippen molar-refractivity contribution in [2.45, 2.75) is 50.0 Å². The van der Waals surface area contributed by atoms with E-state index in [0.29, 0.717) is 23.3 Å². The lowest BCUT2D eigenvalue weighted by molar-refractivity contribution is -0.141. The molecule has 1 N–H and O–H groups in total. The Morgan fingerprint density at radius 1 is 0.964 bits per heavy atom. The maximum atomic E-state index is 13.0. The van der Waals surface area contributed by atoms with Crippen LogP contribution in [0.15, 0.2) is 42.5 Å². The molecule has 142 valence electrons. The highest BCUT2D eigenvalue weighted by Crippen LogP contribution is 2.55. The Labute approximate surface area is 164 Å². The molecule has 4 nitrogen and oxygen atoms in total. The summed E-state index contributed by atoms with van der Waals surface area (Å²) in [6.07, 6.45) is 6.80. The number of nitrogens with one attached hydrogen (secondary N) is 1. The number of benzene rings is 2. The number of fused-ring (bicyclic) bond motifs is 1. The van der Waals surface area contributed by atoms with Crippen LogP contribution in [0.3, 0.4) is 0 Å². The van der Waals surface area contributed by atoms with Gasteiger partial charge >= 0.3 is 0 Å². The normalized spacial score (nSPS) is 31.3. The lowest BCUT2D eigenvalue weighted by Crippen LogP contribution is -2.61. The molecule has 28 heavy (non-hydrogen) atoms. The molecule has 0 heterocycles. The van der Waals surface area contributed by atoms with E-state index in [4.69, 9.17) is 0 Å². The quantitative estimate of drug-likeness (QED) is 0.822. The van der Waals surface area contributed by atoms with Crippen LogP contribution in [0.5, 0.6) is 0 Å². The van der Waals surface area contributed by atoms with Gasteiger partial charge in [-0.05, 0) is 72.6 Å². The SMILES string of the molecule is N#C[C@H](C(=O)C(=O)NC12CC3CC(CC(C3)C1)C2)c1cccc2ccccc12. The van der Waals surface area contributed by atoms with E-state index < -0.39 is 17.6 Å². The van der Waals surface area contributed by atoms with Gasteiger partial charge in [0.05, 0.1) is 6.07 Å². The second-order valence-corrected chi connectivity index (χ2v) is 9.15. The molecule has 1 amide bonds. The number of amides is 1. The van der Waals surface area contributed by atoms with Gasteiger partial charge in [-0.3, -0.25) is 9.59 Å². The van der Waals surface area contributed by atoms with Crippen molar-refractivity contribution in [1.82, 2.24) is 5.32 Å². The van der Waals surface area contributed by atoms with E-state index in [1.807, 2.05) is 36.4 Å². The molecular formula is C24H24N2O2. The van der Waals surface area contributed by atoms with Crippen LogP contribution >= 0.6 is 0 Å². The van der Waals surface area contributed by atoms with Crippen molar-refractivity contribution in [3.63, 3.8) is 0 Å². The highest BCUT2D eigenvalue weighted by atomic mass is 16.2. The van der Waals surface area contributed by atoms with Crippen LogP contribution in [-0.2, 0) is 9.59 Å². The molecule has 0 unspecified atom stereocenters. The first kappa shape index (κ1) is 17.4. The van der Waals surface area contributed by atoms with E-state index in [-0.39, 0.29) is 5.54 Å². The lowest BCUT2D eigenvalue weighted by atomic mass is 9.53. The van der Waals surface area contributed by atoms with Gasteiger partial charge < -0.3 is 5.32 Å². The molecule has 0 aromatic heterocycles. The zero-order chi connectivity index (χ0) is 19.3. The Morgan fingerprint density at radius 3 is 2.21 bits per heavy atom. The molecule has 0 aliphatic heterocycles. The summed E-state index contributed by atoms with van der Waals surface area (Å²) >= 11 is 0. The first-order valence-electron chi connectivity index (χ1n) is 10.3. The molecule has 2 aromatic carbocycles. The number of nitriles is 1. The van der Waals surface area contributed by atoms with Crippen LogP contribution in [0.4, 0.5) is 0 Å². The Hall–Kier alpha value is -2.67. The lowest BCUT2D eigenvalue weighted by Gasteiger charge is -2.56. The maximum Gasteiger partial charge on any atom is 0.289 e. The van der Waals surface area contributed by atoms with Crippen LogP contribution < -0.4 is 5.32 Å². The average Bonchev–Trinajstić information content (AvgIpc) is 2.67. The summed E-state index contributed by atoms with van der Waals surface area (Å²) in [4.78, 5) is 25.9. The van der Waals surface area contributed by atoms with Crippen LogP contribution in [0.25, 0.3) is 10.8 Å². The van der Waals surface area contributed by atoms with Gasteiger partial charge in [-0.2, -0.15) is 5.26 Å². The fourth-order valence-corrected chi connectivity index (χ4v) is 6.47. The molecule has 4 fully saturated rings. The number of nitrogens with zero attached hydrogens (tertiary/aromatic N) is 1. The van der Waals surface area contributed by atoms with Crippen molar-refractivity contribution < 1.29 is 9.59 Å². The zero-order valence-corrected chi connectivity index (χ0v) is 15.9. The van der Waals surface area contributed by atoms with Crippen LogP contribution in [0.1, 0.15) is 50.0 Å². The molecule has 0 spiro atoms. The van der Waals surface area contributed by atoms with Crippen LogP contribution in [0, 0.1) is 29.1 Å². The average molecular weight is 372 g/mol. The van der Waals surface area contributed by atoms with Crippen molar-refractivity contribution in [3.8, 4) is 6.07 Å². The van der Waals surface area contributed by atoms with Gasteiger partial charge in [0.25, 0.3) is 5.91 Å². The van der Waals surface area contributed by atoms with Crippen LogP contribution in [-0.4, -0.2) is 17.2 Å². The summed E-state index contributed by atoms with van der Waals surface area (Å²) in [6.45, 7) is 0. The van der Waals surface area contributed by atoms with E-state index in [9.17, 15) is 14.9 Å². The van der Waals surface area contributed by atoms with Crippen LogP contribution in [0.2, 0.25) is 0 Å². The molecule has 1 atom stereocenters. The summed E-state index contributed by atoms with van der Waals surface area (Å²) < 4.78 is 0. The monoisotopic (exact) mass is 372 g/mol. The summed E-state index contributed by atoms with van der Waals surface area (Å²) in [5.41, 5.74) is 0.395. The minimum atomic E-state index is -1.07. The Bertz CT molecular complexity index is 963. The number of carbonyl (C=O) groups is 2. The number of Topliss-reactive ketones (excluding diaryl/α,β-unsaturated/α-hetero) is 1. The molecular weight excluding hydrogens is 348 g/mol. The second-order valence-electron chi connectivity index (χ2n) is 9.15. The summed E-state index contributed by atoms with van der Waals surface area (Å²) in [7, 11) is 0. The zero-order valence-electron chi connectivity index (χ0n) is 15.9. The largest absolute Gasteiger partial charge is 0.344 e. The van der Waals surface area contributed by atoms with Gasteiger partial charge in [-0.1, -0.05) is 42.5 Å². The predicted molar refractivity (Wildman–Crippen MR) is 106 cm³/mol. The van der Waals surface area contributed by atoms with Gasteiger partial charge in [-0.15, -0.1) is 0 Å². The Morgan fingerprint density at radius 2 is 1.57 bits per heavy atom. The number of hydrogen-bond acceptors (Lipinski definition) is 3. The van der Waals surface area contributed by atoms with Crippen molar-refractivity contribution in [3.05, 3.63) is 48.0 Å². The summed E-state index contributed by atoms with van der Waals surface area (Å²) in [6, 6.07) is 15.3. The molecule has 4 heteroatoms. The smallest absolute Gasteiger partial charge is 0.289 e. The molecule has 4 aliphatic rings. The molecule has 2 aromatic rings. The number of hydrogen-bond donors (Lipinski definition) is 1. The predicted octanol–water partition coefficient (Wildman–Crippen LogP) is 4.10. The highest BCUT2D eigenvalue weighted by molar-refractivity contribution is 6.39. The first-order chi connectivity index (χ1) is 13.6. The van der Waals surface area contributed by atoms with Crippen molar-refractivity contribution in [2.75, 3.05) is 0 Å². The third-order valence-electron chi connectivity index (χ3n) is 7.17. The number of rotatable bonds is 4. The molecule has 4 bridgehead atoms. The van der Waals surface area contributed by atoms with Crippen molar-refractivity contribution >= 4 is 22.5 Å². The fraction of sp³-hybridized carbons (Fsp3) is 0.458. The van der Waals surface area contributed by atoms with Gasteiger partial charge in [0.15, 0.2) is 0 Å². The van der Waals surface area contributed by atoms with Crippen molar-refractivity contribution in [1.29, 1.82) is 5.26 Å². The second kappa shape index (κ2) is 6.44. The molecule has 0 saturated heterocycles. The van der Waals surface area contributed by atoms with E-state index in [1.165, 1.54) is 19.3 Å². The standard InChI is InChI=1S/C24H24N2O2/c25-14-21(20-7-3-5-18-4-1-2-6-19(18)20)22(27)23(28)26-24-11-15-8-16(12-24)10-17(9-15)13-24/h1-7,15-17,21H,8-13H2,(H,26,28)/t15?,16?,17?,21-,24?/m0/s1. The van der Waals surface area contributed by atoms with Gasteiger partial charge in [0.1, 0.15) is 5.92 Å². The van der Waals surface area contributed by atoms with Crippen molar-refractivity contribution in [2.24, 2.45) is 17.8 Å². The maximum absolute atomic E-state index is 13.0. The van der Waals surface area contributed by atoms with Gasteiger partial charge in [0.2, 0.25) is 5.78 Å². The first-order valence-corrected chi connectivity index (χ1v) is 10.3. The van der Waals surface area contributed by atoms with E-state index in [1.54, 1.807) is 6.07 Å². The molecule has 4 saturated carbocycles. The van der Waals surface area contributed by atoms with E-state index >= 15 is 0 Å². The third kappa shape index (κ3) is 2.81. The minimum Gasteiger partial charge on any atom is -0.344 e. The van der Waals surface area contributed by atoms with Gasteiger partial charge in [0, 0.05) is 5.54 Å². The van der Waals surface area contributed by atoms with E-state index in [2.05, 4.69) is 11.4 Å². The Kier molecular flexibility index (Phi) is 4.01. The summed E-state index contributed by atoms with van der Waals surface area (Å²) in [5, 5.41) is 14.7. The van der Waals surface area contributed by atoms with Gasteiger partial charge in [-0.25, -0.2) is 0 Å². The highest BCUT2D eigenvalue weighted by Gasteiger charge is 2.52. The number of ketones is 1. The van der Waals surface area contributed by atoms with E-state index in [0.717, 1.165) is 30.0 Å². The molecule has 0 radical (unpaired) electrons. The Balaban J connectivity index is 1.40. The third-order valence-corrected chi connectivity index (χ3v) is 7.17.